The zero-order valence-corrected chi connectivity index (χ0v) is 14.3. The molecule has 1 heterocycles. The summed E-state index contributed by atoms with van der Waals surface area (Å²) >= 11 is 0. The molecule has 0 spiro atoms. The van der Waals surface area contributed by atoms with Gasteiger partial charge in [0.15, 0.2) is 5.78 Å². The van der Waals surface area contributed by atoms with Crippen LogP contribution in [0.3, 0.4) is 0 Å². The molecule has 0 radical (unpaired) electrons. The summed E-state index contributed by atoms with van der Waals surface area (Å²) in [5, 5.41) is 0. The summed E-state index contributed by atoms with van der Waals surface area (Å²) in [4.78, 5) is 12.1. The van der Waals surface area contributed by atoms with Crippen LogP contribution in [0.2, 0.25) is 0 Å². The lowest BCUT2D eigenvalue weighted by Gasteiger charge is -2.01. The van der Waals surface area contributed by atoms with Crippen molar-refractivity contribution in [3.63, 3.8) is 0 Å². The summed E-state index contributed by atoms with van der Waals surface area (Å²) in [6.45, 7) is 8.23. The molecule has 0 fully saturated rings. The molecule has 0 aliphatic carbocycles. The third-order valence-corrected chi connectivity index (χ3v) is 3.63. The largest absolute Gasteiger partial charge is 0.472 e. The zero-order valence-electron chi connectivity index (χ0n) is 14.3. The molecule has 1 aromatic heterocycles. The highest BCUT2D eigenvalue weighted by molar-refractivity contribution is 5.95. The molecule has 0 saturated carbocycles. The van der Waals surface area contributed by atoms with Crippen molar-refractivity contribution >= 4 is 5.78 Å². The molecule has 0 aromatic carbocycles. The number of hydrogen-bond acceptors (Lipinski definition) is 2. The molecule has 2 heteroatoms. The summed E-state index contributed by atoms with van der Waals surface area (Å²) in [6, 6.07) is 1.96. The van der Waals surface area contributed by atoms with Crippen LogP contribution in [0.15, 0.2) is 58.0 Å². The second-order valence-electron chi connectivity index (χ2n) is 6.06. The Morgan fingerprint density at radius 2 is 1.86 bits per heavy atom. The number of rotatable bonds is 9. The Morgan fingerprint density at radius 1 is 1.09 bits per heavy atom. The normalized spacial score (nSPS) is 12.4. The molecular formula is C20H28O2. The molecule has 0 N–H and O–H groups in total. The lowest BCUT2D eigenvalue weighted by Crippen LogP contribution is -1.98. The predicted octanol–water partition coefficient (Wildman–Crippen LogP) is 5.81. The van der Waals surface area contributed by atoms with Crippen LogP contribution in [-0.2, 0) is 11.2 Å². The van der Waals surface area contributed by atoms with Crippen LogP contribution in [0.4, 0.5) is 0 Å². The third-order valence-electron chi connectivity index (χ3n) is 3.63. The summed E-state index contributed by atoms with van der Waals surface area (Å²) in [5.41, 5.74) is 4.67. The lowest BCUT2D eigenvalue weighted by molar-refractivity contribution is -0.114. The summed E-state index contributed by atoms with van der Waals surface area (Å²) < 4.78 is 5.03. The molecule has 0 unspecified atom stereocenters. The summed E-state index contributed by atoms with van der Waals surface area (Å²) in [6.07, 6.45) is 14.1. The van der Waals surface area contributed by atoms with Crippen LogP contribution in [-0.4, -0.2) is 5.78 Å². The van der Waals surface area contributed by atoms with Gasteiger partial charge in [-0.3, -0.25) is 4.79 Å². The average molecular weight is 300 g/mol. The van der Waals surface area contributed by atoms with Gasteiger partial charge in [-0.25, -0.2) is 0 Å². The van der Waals surface area contributed by atoms with Gasteiger partial charge in [-0.15, -0.1) is 0 Å². The van der Waals surface area contributed by atoms with Gasteiger partial charge in [0.05, 0.1) is 12.5 Å². The Labute approximate surface area is 134 Å². The smallest absolute Gasteiger partial charge is 0.162 e. The van der Waals surface area contributed by atoms with E-state index >= 15 is 0 Å². The standard InChI is InChI=1S/C20H28O2/c1-16(2)7-5-8-17(3)11-12-20(21)18(4)9-6-10-19-13-14-22-15-19/h7,9,11,13-15H,5-6,8,10,12H2,1-4H3/b17-11+,18-9+. The van der Waals surface area contributed by atoms with Crippen molar-refractivity contribution in [2.75, 3.05) is 0 Å². The molecule has 0 aliphatic rings. The van der Waals surface area contributed by atoms with E-state index in [0.29, 0.717) is 6.42 Å². The van der Waals surface area contributed by atoms with E-state index in [-0.39, 0.29) is 5.78 Å². The zero-order chi connectivity index (χ0) is 16.4. The minimum Gasteiger partial charge on any atom is -0.472 e. The molecule has 0 amide bonds. The number of carbonyl (C=O) groups is 1. The van der Waals surface area contributed by atoms with E-state index in [1.807, 2.05) is 19.1 Å². The quantitative estimate of drug-likeness (QED) is 0.425. The number of hydrogen-bond donors (Lipinski definition) is 0. The van der Waals surface area contributed by atoms with Crippen LogP contribution >= 0.6 is 0 Å². The SMILES string of the molecule is CC(C)=CCC/C(C)=C/CC(=O)/C(C)=C/CCc1ccoc1. The Morgan fingerprint density at radius 3 is 2.50 bits per heavy atom. The topological polar surface area (TPSA) is 30.2 Å². The van der Waals surface area contributed by atoms with Gasteiger partial charge in [-0.2, -0.15) is 0 Å². The molecule has 0 bridgehead atoms. The molecular weight excluding hydrogens is 272 g/mol. The van der Waals surface area contributed by atoms with Crippen LogP contribution in [0.25, 0.3) is 0 Å². The highest BCUT2D eigenvalue weighted by atomic mass is 16.3. The number of aryl methyl sites for hydroxylation is 1. The highest BCUT2D eigenvalue weighted by Crippen LogP contribution is 2.11. The Hall–Kier alpha value is -1.83. The Kier molecular flexibility index (Phi) is 8.27. The molecule has 1 rings (SSSR count). The van der Waals surface area contributed by atoms with Crippen molar-refractivity contribution in [2.45, 2.75) is 59.8 Å². The Balaban J connectivity index is 2.34. The van der Waals surface area contributed by atoms with Crippen molar-refractivity contribution in [3.05, 3.63) is 59.1 Å². The van der Waals surface area contributed by atoms with E-state index in [9.17, 15) is 4.79 Å². The Bertz CT molecular complexity index is 538. The fourth-order valence-electron chi connectivity index (χ4n) is 2.12. The first-order valence-electron chi connectivity index (χ1n) is 7.99. The maximum Gasteiger partial charge on any atom is 0.162 e. The van der Waals surface area contributed by atoms with Gasteiger partial charge in [0.25, 0.3) is 0 Å². The number of carbonyl (C=O) groups excluding carboxylic acids is 1. The first-order chi connectivity index (χ1) is 10.5. The van der Waals surface area contributed by atoms with Crippen LogP contribution in [0.5, 0.6) is 0 Å². The van der Waals surface area contributed by atoms with Crippen LogP contribution < -0.4 is 0 Å². The molecule has 1 aromatic rings. The molecule has 22 heavy (non-hydrogen) atoms. The first-order valence-corrected chi connectivity index (χ1v) is 7.99. The van der Waals surface area contributed by atoms with E-state index in [0.717, 1.165) is 31.3 Å². The van der Waals surface area contributed by atoms with Crippen molar-refractivity contribution in [1.82, 2.24) is 0 Å². The van der Waals surface area contributed by atoms with Gasteiger partial charge in [-0.1, -0.05) is 29.4 Å². The minimum atomic E-state index is 0.216. The summed E-state index contributed by atoms with van der Waals surface area (Å²) in [5.74, 6) is 0.216. The van der Waals surface area contributed by atoms with Crippen LogP contribution in [0.1, 0.15) is 58.9 Å². The minimum absolute atomic E-state index is 0.216. The van der Waals surface area contributed by atoms with E-state index in [4.69, 9.17) is 4.42 Å². The van der Waals surface area contributed by atoms with E-state index in [2.05, 4.69) is 32.9 Å². The number of ketones is 1. The average Bonchev–Trinajstić information content (AvgIpc) is 2.97. The second kappa shape index (κ2) is 9.99. The lowest BCUT2D eigenvalue weighted by atomic mass is 10.0. The fraction of sp³-hybridized carbons (Fsp3) is 0.450. The third kappa shape index (κ3) is 7.82. The first kappa shape index (κ1) is 18.2. The van der Waals surface area contributed by atoms with Crippen molar-refractivity contribution in [1.29, 1.82) is 0 Å². The van der Waals surface area contributed by atoms with E-state index in [1.54, 1.807) is 12.5 Å². The predicted molar refractivity (Wildman–Crippen MR) is 92.8 cm³/mol. The molecule has 0 aliphatic heterocycles. The summed E-state index contributed by atoms with van der Waals surface area (Å²) in [7, 11) is 0. The number of Topliss-reactive ketones (excluding diaryl/α,β-unsaturated/α-hetero) is 1. The van der Waals surface area contributed by atoms with Gasteiger partial charge < -0.3 is 4.42 Å². The van der Waals surface area contributed by atoms with Gasteiger partial charge in [0.1, 0.15) is 0 Å². The van der Waals surface area contributed by atoms with Crippen molar-refractivity contribution < 1.29 is 9.21 Å². The monoisotopic (exact) mass is 300 g/mol. The molecule has 120 valence electrons. The highest BCUT2D eigenvalue weighted by Gasteiger charge is 2.03. The maximum absolute atomic E-state index is 12.1. The molecule has 0 atom stereocenters. The molecule has 0 saturated heterocycles. The maximum atomic E-state index is 12.1. The van der Waals surface area contributed by atoms with Gasteiger partial charge in [0, 0.05) is 6.42 Å². The van der Waals surface area contributed by atoms with Gasteiger partial charge >= 0.3 is 0 Å². The second-order valence-corrected chi connectivity index (χ2v) is 6.06. The van der Waals surface area contributed by atoms with Gasteiger partial charge in [0.2, 0.25) is 0 Å². The van der Waals surface area contributed by atoms with E-state index in [1.165, 1.54) is 16.7 Å². The molecule has 2 nitrogen and oxygen atoms in total. The van der Waals surface area contributed by atoms with Gasteiger partial charge in [-0.05, 0) is 70.6 Å². The number of furan rings is 1. The van der Waals surface area contributed by atoms with Crippen molar-refractivity contribution in [2.24, 2.45) is 0 Å². The number of allylic oxidation sites excluding steroid dienone is 6. The van der Waals surface area contributed by atoms with Crippen molar-refractivity contribution in [3.8, 4) is 0 Å². The van der Waals surface area contributed by atoms with E-state index < -0.39 is 0 Å². The van der Waals surface area contributed by atoms with Crippen LogP contribution in [0, 0.1) is 0 Å². The fourth-order valence-corrected chi connectivity index (χ4v) is 2.12.